The summed E-state index contributed by atoms with van der Waals surface area (Å²) in [4.78, 5) is 17.4. The molecular weight excluding hydrogens is 343 g/mol. The van der Waals surface area contributed by atoms with Gasteiger partial charge in [-0.15, -0.1) is 0 Å². The Hall–Kier alpha value is -2.37. The normalized spacial score (nSPS) is 24.2. The van der Waals surface area contributed by atoms with E-state index in [1.165, 1.54) is 12.1 Å². The van der Waals surface area contributed by atoms with E-state index >= 15 is 0 Å². The third kappa shape index (κ3) is 3.01. The maximum Gasteiger partial charge on any atom is 0.257 e. The number of amides is 1. The summed E-state index contributed by atoms with van der Waals surface area (Å²) in [7, 11) is 1.86. The maximum atomic E-state index is 13.4. The van der Waals surface area contributed by atoms with Gasteiger partial charge in [0.2, 0.25) is 0 Å². The molecule has 0 bridgehead atoms. The first-order valence-corrected chi connectivity index (χ1v) is 9.61. The second kappa shape index (κ2) is 6.36. The average Bonchev–Trinajstić information content (AvgIpc) is 3.10. The van der Waals surface area contributed by atoms with Gasteiger partial charge in [0.25, 0.3) is 5.91 Å². The van der Waals surface area contributed by atoms with Crippen LogP contribution in [-0.2, 0) is 7.05 Å². The van der Waals surface area contributed by atoms with Gasteiger partial charge in [-0.1, -0.05) is 0 Å². The van der Waals surface area contributed by atoms with Crippen molar-refractivity contribution in [3.63, 3.8) is 0 Å². The number of benzene rings is 1. The number of rotatable bonds is 2. The van der Waals surface area contributed by atoms with Crippen molar-refractivity contribution in [2.45, 2.75) is 45.2 Å². The second-order valence-electron chi connectivity index (χ2n) is 8.50. The minimum Gasteiger partial charge on any atom is -0.363 e. The molecule has 1 aromatic carbocycles. The summed E-state index contributed by atoms with van der Waals surface area (Å²) < 4.78 is 15.1. The molecule has 1 aromatic heterocycles. The lowest BCUT2D eigenvalue weighted by Crippen LogP contribution is -2.50. The number of hydrogen-bond acceptors (Lipinski definition) is 3. The van der Waals surface area contributed by atoms with E-state index in [4.69, 9.17) is 0 Å². The van der Waals surface area contributed by atoms with Gasteiger partial charge < -0.3 is 9.80 Å². The number of likely N-dealkylation sites (tertiary alicyclic amines) is 1. The third-order valence-corrected chi connectivity index (χ3v) is 6.30. The summed E-state index contributed by atoms with van der Waals surface area (Å²) in [6, 6.07) is 7.18. The summed E-state index contributed by atoms with van der Waals surface area (Å²) in [5.41, 5.74) is 2.65. The Kier molecular flexibility index (Phi) is 4.24. The molecule has 0 radical (unpaired) electrons. The summed E-state index contributed by atoms with van der Waals surface area (Å²) in [5.74, 6) is 0.288. The topological polar surface area (TPSA) is 41.4 Å². The average molecular weight is 370 g/mol. The first-order chi connectivity index (χ1) is 12.8. The molecule has 1 amide bonds. The van der Waals surface area contributed by atoms with Gasteiger partial charge in [-0.3, -0.25) is 9.48 Å². The molecule has 2 aromatic rings. The molecule has 4 rings (SSSR count). The maximum absolute atomic E-state index is 13.4. The van der Waals surface area contributed by atoms with Crippen LogP contribution < -0.4 is 4.90 Å². The van der Waals surface area contributed by atoms with Crippen LogP contribution in [-0.4, -0.2) is 45.3 Å². The van der Waals surface area contributed by atoms with E-state index < -0.39 is 0 Å². The molecule has 2 aliphatic rings. The van der Waals surface area contributed by atoms with Crippen LogP contribution in [0.1, 0.15) is 42.7 Å². The second-order valence-corrected chi connectivity index (χ2v) is 8.50. The Morgan fingerprint density at radius 1 is 1.26 bits per heavy atom. The lowest BCUT2D eigenvalue weighted by atomic mass is 9.89. The molecule has 0 spiro atoms. The Labute approximate surface area is 159 Å². The highest BCUT2D eigenvalue weighted by molar-refractivity contribution is 5.95. The molecule has 0 saturated carbocycles. The van der Waals surface area contributed by atoms with Crippen molar-refractivity contribution in [1.29, 1.82) is 0 Å². The number of halogens is 1. The van der Waals surface area contributed by atoms with Gasteiger partial charge in [0.15, 0.2) is 0 Å². The lowest BCUT2D eigenvalue weighted by Gasteiger charge is -2.41. The zero-order valence-corrected chi connectivity index (χ0v) is 16.4. The Balaban J connectivity index is 1.55. The molecule has 0 aliphatic carbocycles. The van der Waals surface area contributed by atoms with E-state index in [9.17, 15) is 9.18 Å². The molecule has 2 fully saturated rings. The lowest BCUT2D eigenvalue weighted by molar-refractivity contribution is 0.0666. The van der Waals surface area contributed by atoms with Crippen molar-refractivity contribution in [3.05, 3.63) is 47.5 Å². The highest BCUT2D eigenvalue weighted by Gasteiger charge is 2.48. The van der Waals surface area contributed by atoms with E-state index in [1.807, 2.05) is 31.0 Å². The molecule has 0 N–H and O–H groups in total. The van der Waals surface area contributed by atoms with E-state index in [-0.39, 0.29) is 17.3 Å². The Bertz CT molecular complexity index is 858. The third-order valence-electron chi connectivity index (χ3n) is 6.30. The molecule has 144 valence electrons. The SMILES string of the molecule is Cc1c(C(=O)N2CC[C@H]3[C@@H](C2)CC(C)(C)N3c2ccc(F)cc2)cnn1C. The fourth-order valence-electron chi connectivity index (χ4n) is 4.96. The van der Waals surface area contributed by atoms with E-state index in [2.05, 4.69) is 23.8 Å². The van der Waals surface area contributed by atoms with Gasteiger partial charge in [0.1, 0.15) is 5.82 Å². The zero-order chi connectivity index (χ0) is 19.3. The highest BCUT2D eigenvalue weighted by atomic mass is 19.1. The van der Waals surface area contributed by atoms with Gasteiger partial charge in [-0.2, -0.15) is 5.10 Å². The van der Waals surface area contributed by atoms with E-state index in [1.54, 1.807) is 10.9 Å². The summed E-state index contributed by atoms with van der Waals surface area (Å²) in [5, 5.41) is 4.21. The predicted octanol–water partition coefficient (Wildman–Crippen LogP) is 3.39. The molecule has 6 heteroatoms. The van der Waals surface area contributed by atoms with Crippen LogP contribution >= 0.6 is 0 Å². The number of piperidine rings is 1. The van der Waals surface area contributed by atoms with Crippen LogP contribution in [0.4, 0.5) is 10.1 Å². The first kappa shape index (κ1) is 18.0. The molecule has 2 aliphatic heterocycles. The van der Waals surface area contributed by atoms with Crippen molar-refractivity contribution >= 4 is 11.6 Å². The van der Waals surface area contributed by atoms with Gasteiger partial charge in [-0.05, 0) is 63.8 Å². The summed E-state index contributed by atoms with van der Waals surface area (Å²) in [6.07, 6.45) is 3.62. The van der Waals surface area contributed by atoms with Crippen LogP contribution in [0, 0.1) is 18.7 Å². The smallest absolute Gasteiger partial charge is 0.257 e. The fourth-order valence-corrected chi connectivity index (χ4v) is 4.96. The minimum atomic E-state index is -0.209. The molecular formula is C21H27FN4O. The quantitative estimate of drug-likeness (QED) is 0.814. The predicted molar refractivity (Wildman–Crippen MR) is 103 cm³/mol. The largest absolute Gasteiger partial charge is 0.363 e. The van der Waals surface area contributed by atoms with E-state index in [0.29, 0.717) is 17.5 Å². The molecule has 2 saturated heterocycles. The number of aryl methyl sites for hydroxylation is 1. The van der Waals surface area contributed by atoms with Crippen LogP contribution in [0.5, 0.6) is 0 Å². The number of aromatic nitrogens is 2. The highest BCUT2D eigenvalue weighted by Crippen LogP contribution is 2.44. The van der Waals surface area contributed by atoms with Crippen LogP contribution in [0.25, 0.3) is 0 Å². The van der Waals surface area contributed by atoms with E-state index in [0.717, 1.165) is 37.3 Å². The summed E-state index contributed by atoms with van der Waals surface area (Å²) in [6.45, 7) is 7.92. The molecule has 3 heterocycles. The Morgan fingerprint density at radius 2 is 1.96 bits per heavy atom. The van der Waals surface area contributed by atoms with Crippen LogP contribution in [0.15, 0.2) is 30.5 Å². The van der Waals surface area contributed by atoms with Crippen molar-refractivity contribution in [2.75, 3.05) is 18.0 Å². The number of carbonyl (C=O) groups is 1. The van der Waals surface area contributed by atoms with Gasteiger partial charge in [-0.25, -0.2) is 4.39 Å². The minimum absolute atomic E-state index is 0.0174. The number of hydrogen-bond donors (Lipinski definition) is 0. The van der Waals surface area contributed by atoms with Gasteiger partial charge in [0, 0.05) is 43.1 Å². The van der Waals surface area contributed by atoms with Crippen molar-refractivity contribution in [3.8, 4) is 0 Å². The zero-order valence-electron chi connectivity index (χ0n) is 16.4. The van der Waals surface area contributed by atoms with Crippen molar-refractivity contribution in [1.82, 2.24) is 14.7 Å². The first-order valence-electron chi connectivity index (χ1n) is 9.61. The molecule has 0 unspecified atom stereocenters. The van der Waals surface area contributed by atoms with Gasteiger partial charge >= 0.3 is 0 Å². The van der Waals surface area contributed by atoms with Crippen molar-refractivity contribution < 1.29 is 9.18 Å². The van der Waals surface area contributed by atoms with Gasteiger partial charge in [0.05, 0.1) is 11.8 Å². The fraction of sp³-hybridized carbons (Fsp3) is 0.524. The Morgan fingerprint density at radius 3 is 2.59 bits per heavy atom. The monoisotopic (exact) mass is 370 g/mol. The number of anilines is 1. The van der Waals surface area contributed by atoms with Crippen LogP contribution in [0.2, 0.25) is 0 Å². The number of nitrogens with zero attached hydrogens (tertiary/aromatic N) is 4. The molecule has 5 nitrogen and oxygen atoms in total. The van der Waals surface area contributed by atoms with Crippen molar-refractivity contribution in [2.24, 2.45) is 13.0 Å². The molecule has 2 atom stereocenters. The molecule has 27 heavy (non-hydrogen) atoms. The van der Waals surface area contributed by atoms with Crippen LogP contribution in [0.3, 0.4) is 0 Å². The number of carbonyl (C=O) groups excluding carboxylic acids is 1. The standard InChI is InChI=1S/C21H27FN4O/c1-14-18(12-23-24(14)4)20(27)25-10-9-19-15(13-25)11-21(2,3)26(19)17-7-5-16(22)6-8-17/h5-8,12,15,19H,9-11,13H2,1-4H3/t15-,19+/m1/s1. The summed E-state index contributed by atoms with van der Waals surface area (Å²) >= 11 is 0. The number of fused-ring (bicyclic) bond motifs is 1.